The first kappa shape index (κ1) is 91.7. The van der Waals surface area contributed by atoms with Crippen LogP contribution in [-0.4, -0.2) is 80.2 Å². The number of benzene rings is 3. The van der Waals surface area contributed by atoms with Crippen molar-refractivity contribution in [2.24, 2.45) is 0 Å². The van der Waals surface area contributed by atoms with Crippen molar-refractivity contribution in [3.05, 3.63) is 95.1 Å². The van der Waals surface area contributed by atoms with Crippen LogP contribution in [0.15, 0.2) is 72.8 Å². The number of rotatable bonds is 55. The Morgan fingerprint density at radius 3 is 0.938 bits per heavy atom. The summed E-state index contributed by atoms with van der Waals surface area (Å²) >= 11 is 0. The fraction of sp³-hybridized carbons (Fsp3) is 0.720. The number of aryl methyl sites for hydroxylation is 2. The molecule has 1 aliphatic rings. The van der Waals surface area contributed by atoms with E-state index in [2.05, 4.69) is 32.2 Å². The lowest BCUT2D eigenvalue weighted by Crippen LogP contribution is -2.14. The summed E-state index contributed by atoms with van der Waals surface area (Å²) in [5, 5.41) is 8.76. The maximum atomic E-state index is 11.9. The van der Waals surface area contributed by atoms with Gasteiger partial charge in [-0.1, -0.05) is 288 Å². The van der Waals surface area contributed by atoms with Gasteiger partial charge in [0.2, 0.25) is 0 Å². The van der Waals surface area contributed by atoms with Gasteiger partial charge in [0.25, 0.3) is 0 Å². The van der Waals surface area contributed by atoms with Crippen molar-refractivity contribution in [1.29, 1.82) is 0 Å². The Balaban J connectivity index is 0.00000127. The number of aromatic hydroxyl groups is 1. The van der Waals surface area contributed by atoms with Crippen molar-refractivity contribution in [2.75, 3.05) is 33.0 Å². The quantitative estimate of drug-likeness (QED) is 0.0185. The van der Waals surface area contributed by atoms with Gasteiger partial charge in [0.1, 0.15) is 11.5 Å². The number of phenols is 1. The number of esters is 5. The van der Waals surface area contributed by atoms with Crippen LogP contribution in [0.2, 0.25) is 0 Å². The predicted molar refractivity (Wildman–Crippen MR) is 398 cm³/mol. The van der Waals surface area contributed by atoms with E-state index in [0.29, 0.717) is 76.0 Å². The molecule has 3 aromatic carbocycles. The van der Waals surface area contributed by atoms with E-state index in [0.717, 1.165) is 102 Å². The predicted octanol–water partition coefficient (Wildman–Crippen LogP) is 23.9. The molecule has 1 heterocycles. The third kappa shape index (κ3) is 60.4. The van der Waals surface area contributed by atoms with E-state index < -0.39 is 11.9 Å². The standard InChI is InChI=1S/C26H50O4.C26H50O3.C16H22O4.C7H7O2P.C7H8O/c1-3-5-7-9-15-19-23-29-25(27)21-17-13-11-12-14-18-22-26(28)30-24-20-16-10-8-6-4-2;1-3-5-7-9-12-16-20-24-25(29-24)21-17-13-11-14-18-22-26(27)28-23-19-15-10-8-6-4-2;1-3-5-11-19-15(17)13-9-7-8-10-14(13)16(18)20-12-6-4-2;1-6-2-4-7(5-3-6)9-10-8;1-6-2-4-7(8)5-3-6/h3-24H2,1-2H3;24-25H,3-23H2,1-2H3;7-10H,3-6,11-12H2,1-2H3;2-5H,1H3;2-5,8H,1H3. The molecular formula is C82H137O14P. The highest BCUT2D eigenvalue weighted by molar-refractivity contribution is 7.17. The number of hydrogen-bond acceptors (Lipinski definition) is 14. The highest BCUT2D eigenvalue weighted by atomic mass is 31.1. The van der Waals surface area contributed by atoms with E-state index in [-0.39, 0.29) is 37.7 Å². The summed E-state index contributed by atoms with van der Waals surface area (Å²) in [6, 6.07) is 21.0. The summed E-state index contributed by atoms with van der Waals surface area (Å²) in [6.07, 6.45) is 51.2. The molecule has 0 saturated carbocycles. The SMILES string of the molecule is CCCCCCCCOC(=O)CCCCCCCC1OC1CCCCCCCC.CCCCCCCCOC(=O)CCCCCCCCC(=O)OCCCCCCCC.CCCCOC(=O)c1ccccc1C(=O)OCCCC.Cc1ccc(O)cc1.Cc1ccc(OP=O)cc1. The number of carbonyl (C=O) groups excluding carboxylic acids is 5. The average Bonchev–Trinajstić information content (AvgIpc) is 1.84. The van der Waals surface area contributed by atoms with Gasteiger partial charge < -0.3 is 38.1 Å². The molecule has 4 rings (SSSR count). The summed E-state index contributed by atoms with van der Waals surface area (Å²) in [5.74, 6) is -0.0725. The van der Waals surface area contributed by atoms with Crippen molar-refractivity contribution in [3.63, 3.8) is 0 Å². The molecule has 0 aromatic heterocycles. The molecule has 2 unspecified atom stereocenters. The number of unbranched alkanes of at least 4 members (excludes halogenated alkanes) is 31. The number of ether oxygens (including phenoxy) is 6. The van der Waals surface area contributed by atoms with Crippen molar-refractivity contribution < 1.29 is 66.6 Å². The number of carbonyl (C=O) groups is 5. The number of phenolic OH excluding ortho intramolecular Hbond substituents is 1. The topological polar surface area (TPSA) is 191 Å². The second-order valence-electron chi connectivity index (χ2n) is 26.0. The minimum Gasteiger partial charge on any atom is -0.508 e. The molecule has 14 nitrogen and oxygen atoms in total. The Morgan fingerprint density at radius 2 is 0.629 bits per heavy atom. The molecule has 1 fully saturated rings. The minimum atomic E-state index is -0.471. The Hall–Kier alpha value is -5.33. The van der Waals surface area contributed by atoms with Crippen LogP contribution in [0.5, 0.6) is 11.5 Å². The third-order valence-corrected chi connectivity index (χ3v) is 17.0. The number of epoxide rings is 1. The zero-order valence-electron chi connectivity index (χ0n) is 62.4. The van der Waals surface area contributed by atoms with Crippen molar-refractivity contribution in [2.45, 2.75) is 350 Å². The molecular weight excluding hydrogens is 1240 g/mol. The maximum Gasteiger partial charge on any atom is 0.395 e. The molecule has 0 aliphatic carbocycles. The van der Waals surface area contributed by atoms with Crippen molar-refractivity contribution in [3.8, 4) is 11.5 Å². The third-order valence-electron chi connectivity index (χ3n) is 16.7. The summed E-state index contributed by atoms with van der Waals surface area (Å²) in [5.41, 5.74) is 2.87. The molecule has 0 bridgehead atoms. The Kier molecular flexibility index (Phi) is 65.4. The normalized spacial score (nSPS) is 12.6. The molecule has 0 spiro atoms. The fourth-order valence-electron chi connectivity index (χ4n) is 10.4. The lowest BCUT2D eigenvalue weighted by atomic mass is 10.0. The molecule has 0 radical (unpaired) electrons. The Labute approximate surface area is 592 Å². The highest BCUT2D eigenvalue weighted by Crippen LogP contribution is 2.32. The van der Waals surface area contributed by atoms with Crippen LogP contribution in [0.4, 0.5) is 0 Å². The van der Waals surface area contributed by atoms with Crippen LogP contribution in [-0.2, 0) is 47.4 Å². The smallest absolute Gasteiger partial charge is 0.395 e. The van der Waals surface area contributed by atoms with Gasteiger partial charge >= 0.3 is 38.5 Å². The summed E-state index contributed by atoms with van der Waals surface area (Å²) in [4.78, 5) is 59.0. The first-order valence-corrected chi connectivity index (χ1v) is 39.4. The first-order chi connectivity index (χ1) is 47.3. The largest absolute Gasteiger partial charge is 0.508 e. The van der Waals surface area contributed by atoms with Crippen LogP contribution in [0, 0.1) is 13.8 Å². The van der Waals surface area contributed by atoms with Crippen molar-refractivity contribution in [1.82, 2.24) is 0 Å². The Bertz CT molecular complexity index is 2210. The lowest BCUT2D eigenvalue weighted by Gasteiger charge is -2.09. The van der Waals surface area contributed by atoms with Crippen LogP contribution >= 0.6 is 8.69 Å². The first-order valence-electron chi connectivity index (χ1n) is 38.7. The molecule has 1 saturated heterocycles. The van der Waals surface area contributed by atoms with E-state index >= 15 is 0 Å². The zero-order valence-corrected chi connectivity index (χ0v) is 63.3. The molecule has 15 heteroatoms. The summed E-state index contributed by atoms with van der Waals surface area (Å²) in [7, 11) is -0.304. The van der Waals surface area contributed by atoms with E-state index in [4.69, 9.17) is 33.5 Å². The van der Waals surface area contributed by atoms with Gasteiger partial charge in [0.05, 0.1) is 56.4 Å². The van der Waals surface area contributed by atoms with Crippen molar-refractivity contribution >= 4 is 38.5 Å². The molecule has 2 atom stereocenters. The second kappa shape index (κ2) is 69.2. The van der Waals surface area contributed by atoms with Crippen LogP contribution in [0.25, 0.3) is 0 Å². The van der Waals surface area contributed by atoms with E-state index in [1.807, 2.05) is 52.0 Å². The molecule has 554 valence electrons. The van der Waals surface area contributed by atoms with Gasteiger partial charge in [-0.05, 0) is 114 Å². The highest BCUT2D eigenvalue weighted by Gasteiger charge is 2.36. The Morgan fingerprint density at radius 1 is 0.351 bits per heavy atom. The minimum absolute atomic E-state index is 0.00229. The monoisotopic (exact) mass is 1380 g/mol. The van der Waals surface area contributed by atoms with E-state index in [1.54, 1.807) is 48.5 Å². The van der Waals surface area contributed by atoms with Gasteiger partial charge in [0.15, 0.2) is 0 Å². The van der Waals surface area contributed by atoms with Gasteiger partial charge in [0, 0.05) is 19.3 Å². The van der Waals surface area contributed by atoms with Gasteiger partial charge in [-0.2, -0.15) is 0 Å². The molecule has 3 aromatic rings. The summed E-state index contributed by atoms with van der Waals surface area (Å²) < 4.78 is 46.6. The maximum absolute atomic E-state index is 11.9. The summed E-state index contributed by atoms with van der Waals surface area (Å²) in [6.45, 7) is 19.5. The molecule has 1 N–H and O–H groups in total. The van der Waals surface area contributed by atoms with E-state index in [1.165, 1.54) is 173 Å². The van der Waals surface area contributed by atoms with Crippen LogP contribution in [0.3, 0.4) is 0 Å². The molecule has 97 heavy (non-hydrogen) atoms. The number of hydrogen-bond donors (Lipinski definition) is 1. The van der Waals surface area contributed by atoms with Crippen LogP contribution in [0.1, 0.15) is 356 Å². The van der Waals surface area contributed by atoms with Gasteiger partial charge in [-0.15, -0.1) is 0 Å². The fourth-order valence-corrected chi connectivity index (χ4v) is 10.6. The van der Waals surface area contributed by atoms with Gasteiger partial charge in [-0.3, -0.25) is 14.4 Å². The second-order valence-corrected chi connectivity index (χ2v) is 26.3. The molecule has 1 aliphatic heterocycles. The van der Waals surface area contributed by atoms with Gasteiger partial charge in [-0.25, -0.2) is 14.2 Å². The average molecular weight is 1380 g/mol. The lowest BCUT2D eigenvalue weighted by molar-refractivity contribution is -0.144. The zero-order chi connectivity index (χ0) is 71.3. The van der Waals surface area contributed by atoms with E-state index in [9.17, 15) is 28.5 Å². The van der Waals surface area contributed by atoms with Crippen LogP contribution < -0.4 is 4.52 Å². The molecule has 0 amide bonds.